The summed E-state index contributed by atoms with van der Waals surface area (Å²) in [5, 5.41) is 3.88. The minimum atomic E-state index is -1.31. The average Bonchev–Trinajstić information content (AvgIpc) is 3.09. The van der Waals surface area contributed by atoms with Crippen molar-refractivity contribution in [2.24, 2.45) is 0 Å². The van der Waals surface area contributed by atoms with Crippen molar-refractivity contribution < 1.29 is 13.2 Å². The zero-order valence-electron chi connectivity index (χ0n) is 13.9. The van der Waals surface area contributed by atoms with Crippen LogP contribution >= 0.6 is 11.6 Å². The molecule has 1 fully saturated rings. The molecule has 0 aliphatic carbocycles. The van der Waals surface area contributed by atoms with Crippen molar-refractivity contribution in [1.29, 1.82) is 0 Å². The lowest BCUT2D eigenvalue weighted by molar-refractivity contribution is 0.480. The molecular formula is C17H15ClF3N5. The van der Waals surface area contributed by atoms with Gasteiger partial charge in [0.2, 0.25) is 0 Å². The molecule has 1 unspecified atom stereocenters. The summed E-state index contributed by atoms with van der Waals surface area (Å²) in [7, 11) is 0. The zero-order chi connectivity index (χ0) is 18.4. The van der Waals surface area contributed by atoms with Gasteiger partial charge in [-0.05, 0) is 38.3 Å². The van der Waals surface area contributed by atoms with Crippen LogP contribution in [0.3, 0.4) is 0 Å². The maximum absolute atomic E-state index is 14.5. The second-order valence-corrected chi connectivity index (χ2v) is 6.69. The van der Waals surface area contributed by atoms with Gasteiger partial charge in [0.25, 0.3) is 5.78 Å². The first kappa shape index (κ1) is 17.1. The lowest BCUT2D eigenvalue weighted by Crippen LogP contribution is -2.38. The summed E-state index contributed by atoms with van der Waals surface area (Å²) in [6.07, 6.45) is 4.12. The maximum atomic E-state index is 14.5. The molecule has 9 heteroatoms. The van der Waals surface area contributed by atoms with Crippen LogP contribution < -0.4 is 4.90 Å². The van der Waals surface area contributed by atoms with Crippen molar-refractivity contribution in [3.8, 4) is 11.1 Å². The number of nitrogens with zero attached hydrogens (tertiary/aromatic N) is 5. The number of rotatable bonds is 2. The summed E-state index contributed by atoms with van der Waals surface area (Å²) < 4.78 is 44.0. The molecule has 0 radical (unpaired) electrons. The third kappa shape index (κ3) is 2.59. The summed E-state index contributed by atoms with van der Waals surface area (Å²) in [5.41, 5.74) is -0.569. The van der Waals surface area contributed by atoms with Crippen LogP contribution in [0.5, 0.6) is 0 Å². The highest BCUT2D eigenvalue weighted by Crippen LogP contribution is 2.41. The van der Waals surface area contributed by atoms with E-state index in [4.69, 9.17) is 11.6 Å². The molecule has 5 nitrogen and oxygen atoms in total. The topological polar surface area (TPSA) is 46.3 Å². The van der Waals surface area contributed by atoms with Crippen molar-refractivity contribution in [3.05, 3.63) is 41.1 Å². The largest absolute Gasteiger partial charge is 0.353 e. The van der Waals surface area contributed by atoms with E-state index in [0.717, 1.165) is 31.4 Å². The van der Waals surface area contributed by atoms with Gasteiger partial charge in [0.1, 0.15) is 23.1 Å². The van der Waals surface area contributed by atoms with E-state index in [9.17, 15) is 13.2 Å². The smallest absolute Gasteiger partial charge is 0.255 e. The van der Waals surface area contributed by atoms with E-state index in [-0.39, 0.29) is 28.4 Å². The van der Waals surface area contributed by atoms with Crippen LogP contribution in [0.15, 0.2) is 18.5 Å². The van der Waals surface area contributed by atoms with E-state index in [1.54, 1.807) is 0 Å². The molecule has 136 valence electrons. The van der Waals surface area contributed by atoms with E-state index in [0.29, 0.717) is 6.54 Å². The Labute approximate surface area is 152 Å². The molecule has 3 aromatic rings. The molecule has 0 amide bonds. The van der Waals surface area contributed by atoms with Crippen molar-refractivity contribution in [3.63, 3.8) is 0 Å². The van der Waals surface area contributed by atoms with Gasteiger partial charge in [-0.3, -0.25) is 0 Å². The third-order valence-electron chi connectivity index (χ3n) is 4.72. The van der Waals surface area contributed by atoms with Crippen LogP contribution in [0.4, 0.5) is 19.0 Å². The molecule has 1 aliphatic rings. The van der Waals surface area contributed by atoms with Gasteiger partial charge in [-0.15, -0.1) is 0 Å². The van der Waals surface area contributed by atoms with Crippen molar-refractivity contribution in [2.45, 2.75) is 32.2 Å². The number of anilines is 1. The molecular weight excluding hydrogens is 367 g/mol. The van der Waals surface area contributed by atoms with Crippen LogP contribution in [0, 0.1) is 17.5 Å². The van der Waals surface area contributed by atoms with E-state index >= 15 is 0 Å². The van der Waals surface area contributed by atoms with E-state index in [1.807, 2.05) is 11.8 Å². The molecule has 0 saturated carbocycles. The second kappa shape index (κ2) is 6.42. The van der Waals surface area contributed by atoms with Crippen LogP contribution in [0.25, 0.3) is 16.9 Å². The van der Waals surface area contributed by atoms with Crippen LogP contribution in [-0.2, 0) is 0 Å². The number of piperidine rings is 1. The fourth-order valence-electron chi connectivity index (χ4n) is 3.39. The average molecular weight is 382 g/mol. The molecule has 1 saturated heterocycles. The van der Waals surface area contributed by atoms with Crippen molar-refractivity contribution >= 4 is 23.2 Å². The summed E-state index contributed by atoms with van der Waals surface area (Å²) >= 11 is 6.42. The van der Waals surface area contributed by atoms with Gasteiger partial charge in [0.15, 0.2) is 11.6 Å². The molecule has 2 aromatic heterocycles. The van der Waals surface area contributed by atoms with E-state index < -0.39 is 23.0 Å². The highest BCUT2D eigenvalue weighted by molar-refractivity contribution is 6.33. The molecule has 26 heavy (non-hydrogen) atoms. The number of fused-ring (bicyclic) bond motifs is 1. The minimum absolute atomic E-state index is 0.0204. The first-order chi connectivity index (χ1) is 12.5. The van der Waals surface area contributed by atoms with Crippen molar-refractivity contribution in [1.82, 2.24) is 19.6 Å². The van der Waals surface area contributed by atoms with Gasteiger partial charge in [-0.2, -0.15) is 19.6 Å². The zero-order valence-corrected chi connectivity index (χ0v) is 14.6. The molecule has 3 heterocycles. The molecule has 0 bridgehead atoms. The predicted molar refractivity (Wildman–Crippen MR) is 91.8 cm³/mol. The van der Waals surface area contributed by atoms with Gasteiger partial charge in [0, 0.05) is 12.6 Å². The molecule has 0 spiro atoms. The number of aromatic nitrogens is 4. The first-order valence-electron chi connectivity index (χ1n) is 8.28. The third-order valence-corrected chi connectivity index (χ3v) is 5.07. The molecule has 1 aromatic carbocycles. The van der Waals surface area contributed by atoms with Gasteiger partial charge in [0.05, 0.1) is 11.1 Å². The highest BCUT2D eigenvalue weighted by Gasteiger charge is 2.30. The van der Waals surface area contributed by atoms with Crippen LogP contribution in [0.1, 0.15) is 26.2 Å². The maximum Gasteiger partial charge on any atom is 0.255 e. The molecule has 1 atom stereocenters. The van der Waals surface area contributed by atoms with Gasteiger partial charge in [-0.25, -0.2) is 13.2 Å². The summed E-state index contributed by atoms with van der Waals surface area (Å²) in [5.74, 6) is -2.89. The Bertz CT molecular complexity index is 990. The molecule has 4 rings (SSSR count). The summed E-state index contributed by atoms with van der Waals surface area (Å²) in [4.78, 5) is 10.4. The first-order valence-corrected chi connectivity index (χ1v) is 8.66. The molecule has 0 N–H and O–H groups in total. The van der Waals surface area contributed by atoms with Crippen molar-refractivity contribution in [2.75, 3.05) is 11.4 Å². The van der Waals surface area contributed by atoms with Crippen LogP contribution in [-0.4, -0.2) is 32.2 Å². The Morgan fingerprint density at radius 1 is 1.12 bits per heavy atom. The molecule has 1 aliphatic heterocycles. The monoisotopic (exact) mass is 381 g/mol. The summed E-state index contributed by atoms with van der Waals surface area (Å²) in [6, 6.07) is 1.71. The van der Waals surface area contributed by atoms with Gasteiger partial charge < -0.3 is 4.90 Å². The number of benzene rings is 1. The highest BCUT2D eigenvalue weighted by atomic mass is 35.5. The quantitative estimate of drug-likeness (QED) is 0.492. The van der Waals surface area contributed by atoms with E-state index in [2.05, 4.69) is 15.1 Å². The predicted octanol–water partition coefficient (Wildman–Crippen LogP) is 4.24. The standard InChI is InChI=1S/C17H15ClF3N5/c1-9-4-2-3-7-25(9)16-13(12-10(19)5-6-11(20)14(12)21)15(18)26-17(24-16)22-8-23-26/h5-6,8-9H,2-4,7H2,1H3. The minimum Gasteiger partial charge on any atom is -0.353 e. The van der Waals surface area contributed by atoms with Crippen LogP contribution in [0.2, 0.25) is 5.15 Å². The Morgan fingerprint density at radius 2 is 1.88 bits per heavy atom. The fourth-order valence-corrected chi connectivity index (χ4v) is 3.69. The SMILES string of the molecule is CC1CCCCN1c1nc2ncnn2c(Cl)c1-c1c(F)ccc(F)c1F. The fraction of sp³-hybridized carbons (Fsp3) is 0.353. The second-order valence-electron chi connectivity index (χ2n) is 6.33. The number of hydrogen-bond donors (Lipinski definition) is 0. The lowest BCUT2D eigenvalue weighted by Gasteiger charge is -2.35. The Morgan fingerprint density at radius 3 is 2.65 bits per heavy atom. The normalized spacial score (nSPS) is 17.9. The van der Waals surface area contributed by atoms with Gasteiger partial charge in [-0.1, -0.05) is 11.6 Å². The Hall–Kier alpha value is -2.35. The van der Waals surface area contributed by atoms with E-state index in [1.165, 1.54) is 10.8 Å². The summed E-state index contributed by atoms with van der Waals surface area (Å²) in [6.45, 7) is 2.66. The number of halogens is 4. The Balaban J connectivity index is 2.06. The number of hydrogen-bond acceptors (Lipinski definition) is 4. The van der Waals surface area contributed by atoms with Gasteiger partial charge >= 0.3 is 0 Å². The Kier molecular flexibility index (Phi) is 4.22. The lowest BCUT2D eigenvalue weighted by atomic mass is 10.0.